The molecule has 0 fully saturated rings. The van der Waals surface area contributed by atoms with Crippen LogP contribution in [0.3, 0.4) is 0 Å². The molecule has 132 valence electrons. The van der Waals surface area contributed by atoms with Crippen LogP contribution in [0.2, 0.25) is 5.02 Å². The molecule has 1 aliphatic rings. The average Bonchev–Trinajstić information content (AvgIpc) is 3.27. The van der Waals surface area contributed by atoms with Gasteiger partial charge >= 0.3 is 0 Å². The van der Waals surface area contributed by atoms with Crippen molar-refractivity contribution in [3.05, 3.63) is 46.7 Å². The van der Waals surface area contributed by atoms with Crippen molar-refractivity contribution in [2.75, 3.05) is 7.11 Å². The summed E-state index contributed by atoms with van der Waals surface area (Å²) < 4.78 is 6.88. The van der Waals surface area contributed by atoms with Gasteiger partial charge in [-0.2, -0.15) is 5.10 Å². The van der Waals surface area contributed by atoms with Gasteiger partial charge in [-0.15, -0.1) is 0 Å². The standard InChI is InChI=1S/C17H19ClN4O3/c1-3-22-15(13(18)9-20-22)10-19-17(23)16-8-14(21-25-16)11-4-6-12(24-2)7-5-11/h4-7,9,16H,3,8,10H2,1-2H3,(H,19,23). The van der Waals surface area contributed by atoms with E-state index in [0.29, 0.717) is 24.5 Å². The Balaban J connectivity index is 1.57. The van der Waals surface area contributed by atoms with E-state index in [1.807, 2.05) is 31.2 Å². The van der Waals surface area contributed by atoms with Crippen LogP contribution in [0, 0.1) is 0 Å². The lowest BCUT2D eigenvalue weighted by molar-refractivity contribution is -0.131. The molecule has 8 heteroatoms. The highest BCUT2D eigenvalue weighted by molar-refractivity contribution is 6.31. The van der Waals surface area contributed by atoms with E-state index in [4.69, 9.17) is 21.2 Å². The van der Waals surface area contributed by atoms with Crippen LogP contribution in [-0.2, 0) is 22.7 Å². The van der Waals surface area contributed by atoms with E-state index in [1.54, 1.807) is 18.0 Å². The molecule has 1 N–H and O–H groups in total. The predicted molar refractivity (Wildman–Crippen MR) is 93.8 cm³/mol. The molecule has 0 bridgehead atoms. The maximum atomic E-state index is 12.3. The van der Waals surface area contributed by atoms with Gasteiger partial charge in [0, 0.05) is 13.0 Å². The van der Waals surface area contributed by atoms with Gasteiger partial charge in [0.1, 0.15) is 5.75 Å². The van der Waals surface area contributed by atoms with Gasteiger partial charge in [0.2, 0.25) is 6.10 Å². The zero-order chi connectivity index (χ0) is 17.8. The van der Waals surface area contributed by atoms with Crippen molar-refractivity contribution < 1.29 is 14.4 Å². The average molecular weight is 363 g/mol. The first-order valence-electron chi connectivity index (χ1n) is 7.97. The molecule has 0 spiro atoms. The summed E-state index contributed by atoms with van der Waals surface area (Å²) in [7, 11) is 1.61. The van der Waals surface area contributed by atoms with Crippen molar-refractivity contribution in [2.24, 2.45) is 5.16 Å². The largest absolute Gasteiger partial charge is 0.497 e. The summed E-state index contributed by atoms with van der Waals surface area (Å²) >= 11 is 6.10. The number of halogens is 1. The number of hydrogen-bond donors (Lipinski definition) is 1. The van der Waals surface area contributed by atoms with Crippen molar-refractivity contribution in [2.45, 2.75) is 32.5 Å². The molecule has 1 aliphatic heterocycles. The lowest BCUT2D eigenvalue weighted by Gasteiger charge is -2.11. The molecular formula is C17H19ClN4O3. The van der Waals surface area contributed by atoms with Gasteiger partial charge in [0.05, 0.1) is 36.3 Å². The smallest absolute Gasteiger partial charge is 0.264 e. The zero-order valence-electron chi connectivity index (χ0n) is 14.0. The Labute approximate surface area is 150 Å². The first kappa shape index (κ1) is 17.3. The second-order valence-electron chi connectivity index (χ2n) is 5.54. The van der Waals surface area contributed by atoms with Crippen molar-refractivity contribution in [3.8, 4) is 5.75 Å². The lowest BCUT2D eigenvalue weighted by atomic mass is 10.0. The molecule has 1 aromatic heterocycles. The fourth-order valence-electron chi connectivity index (χ4n) is 2.59. The number of nitrogens with one attached hydrogen (secondary N) is 1. The topological polar surface area (TPSA) is 77.7 Å². The first-order valence-corrected chi connectivity index (χ1v) is 8.35. The maximum absolute atomic E-state index is 12.3. The molecule has 0 radical (unpaired) electrons. The third kappa shape index (κ3) is 3.76. The van der Waals surface area contributed by atoms with Gasteiger partial charge in [-0.3, -0.25) is 9.48 Å². The van der Waals surface area contributed by atoms with Gasteiger partial charge in [0.25, 0.3) is 5.91 Å². The maximum Gasteiger partial charge on any atom is 0.264 e. The zero-order valence-corrected chi connectivity index (χ0v) is 14.8. The minimum Gasteiger partial charge on any atom is -0.497 e. The van der Waals surface area contributed by atoms with Gasteiger partial charge in [-0.25, -0.2) is 0 Å². The number of rotatable bonds is 6. The van der Waals surface area contributed by atoms with E-state index in [9.17, 15) is 4.79 Å². The van der Waals surface area contributed by atoms with Crippen LogP contribution in [0.4, 0.5) is 0 Å². The van der Waals surface area contributed by atoms with Crippen LogP contribution >= 0.6 is 11.6 Å². The molecule has 1 unspecified atom stereocenters. The molecule has 2 heterocycles. The van der Waals surface area contributed by atoms with Gasteiger partial charge < -0.3 is 14.9 Å². The third-order valence-electron chi connectivity index (χ3n) is 4.01. The molecule has 2 aromatic rings. The molecular weight excluding hydrogens is 344 g/mol. The molecule has 0 aliphatic carbocycles. The molecule has 7 nitrogen and oxygen atoms in total. The van der Waals surface area contributed by atoms with Crippen LogP contribution in [0.5, 0.6) is 5.75 Å². The number of carbonyl (C=O) groups is 1. The van der Waals surface area contributed by atoms with Gasteiger partial charge in [-0.05, 0) is 36.8 Å². The summed E-state index contributed by atoms with van der Waals surface area (Å²) in [6.07, 6.45) is 1.34. The minimum absolute atomic E-state index is 0.229. The number of hydrogen-bond acceptors (Lipinski definition) is 5. The van der Waals surface area contributed by atoms with E-state index in [0.717, 1.165) is 22.7 Å². The van der Waals surface area contributed by atoms with Crippen LogP contribution in [0.15, 0.2) is 35.6 Å². The number of oxime groups is 1. The van der Waals surface area contributed by atoms with Crippen LogP contribution < -0.4 is 10.1 Å². The quantitative estimate of drug-likeness (QED) is 0.855. The second-order valence-corrected chi connectivity index (χ2v) is 5.94. The molecule has 1 atom stereocenters. The molecule has 1 aromatic carbocycles. The minimum atomic E-state index is -0.645. The summed E-state index contributed by atoms with van der Waals surface area (Å²) in [4.78, 5) is 17.6. The highest BCUT2D eigenvalue weighted by atomic mass is 35.5. The first-order chi connectivity index (χ1) is 12.1. The molecule has 0 saturated carbocycles. The Morgan fingerprint density at radius 2 is 2.20 bits per heavy atom. The summed E-state index contributed by atoms with van der Waals surface area (Å²) in [5, 5.41) is 11.5. The summed E-state index contributed by atoms with van der Waals surface area (Å²) in [5.74, 6) is 0.536. The van der Waals surface area contributed by atoms with Crippen LogP contribution in [0.25, 0.3) is 0 Å². The third-order valence-corrected chi connectivity index (χ3v) is 4.33. The SMILES string of the molecule is CCn1ncc(Cl)c1CNC(=O)C1CC(c2ccc(OC)cc2)=NO1. The highest BCUT2D eigenvalue weighted by Crippen LogP contribution is 2.20. The Kier molecular flexibility index (Phi) is 5.23. The van der Waals surface area contributed by atoms with E-state index in [-0.39, 0.29) is 5.91 Å². The van der Waals surface area contributed by atoms with Crippen LogP contribution in [0.1, 0.15) is 24.6 Å². The van der Waals surface area contributed by atoms with E-state index in [1.165, 1.54) is 0 Å². The summed E-state index contributed by atoms with van der Waals surface area (Å²) in [5.41, 5.74) is 2.41. The molecule has 0 saturated heterocycles. The second kappa shape index (κ2) is 7.57. The van der Waals surface area contributed by atoms with Crippen LogP contribution in [-0.4, -0.2) is 34.6 Å². The number of ether oxygens (including phenoxy) is 1. The van der Waals surface area contributed by atoms with Crippen molar-refractivity contribution in [1.82, 2.24) is 15.1 Å². The fourth-order valence-corrected chi connectivity index (χ4v) is 2.80. The number of carbonyl (C=O) groups excluding carboxylic acids is 1. The Morgan fingerprint density at radius 3 is 2.88 bits per heavy atom. The monoisotopic (exact) mass is 362 g/mol. The molecule has 25 heavy (non-hydrogen) atoms. The molecule has 3 rings (SSSR count). The normalized spacial score (nSPS) is 16.3. The van der Waals surface area contributed by atoms with Gasteiger partial charge in [0.15, 0.2) is 0 Å². The van der Waals surface area contributed by atoms with Crippen molar-refractivity contribution >= 4 is 23.2 Å². The number of nitrogens with zero attached hydrogens (tertiary/aromatic N) is 3. The summed E-state index contributed by atoms with van der Waals surface area (Å²) in [6, 6.07) is 7.47. The number of amides is 1. The van der Waals surface area contributed by atoms with Crippen molar-refractivity contribution in [3.63, 3.8) is 0 Å². The number of benzene rings is 1. The Hall–Kier alpha value is -2.54. The number of aryl methyl sites for hydroxylation is 1. The number of methoxy groups -OCH3 is 1. The van der Waals surface area contributed by atoms with E-state index >= 15 is 0 Å². The highest BCUT2D eigenvalue weighted by Gasteiger charge is 2.29. The van der Waals surface area contributed by atoms with E-state index < -0.39 is 6.10 Å². The van der Waals surface area contributed by atoms with E-state index in [2.05, 4.69) is 15.6 Å². The molecule has 1 amide bonds. The Bertz CT molecular complexity index is 786. The van der Waals surface area contributed by atoms with Crippen molar-refractivity contribution in [1.29, 1.82) is 0 Å². The van der Waals surface area contributed by atoms with Gasteiger partial charge in [-0.1, -0.05) is 16.8 Å². The number of aromatic nitrogens is 2. The fraction of sp³-hybridized carbons (Fsp3) is 0.353. The predicted octanol–water partition coefficient (Wildman–Crippen LogP) is 2.37. The lowest BCUT2D eigenvalue weighted by Crippen LogP contribution is -2.35. The summed E-state index contributed by atoms with van der Waals surface area (Å²) in [6.45, 7) is 2.94. The Morgan fingerprint density at radius 1 is 1.44 bits per heavy atom.